The summed E-state index contributed by atoms with van der Waals surface area (Å²) in [5, 5.41) is 8.14. The van der Waals surface area contributed by atoms with Crippen molar-refractivity contribution in [1.82, 2.24) is 9.97 Å². The third-order valence-corrected chi connectivity index (χ3v) is 4.97. The Hall–Kier alpha value is -2.60. The number of amides is 1. The van der Waals surface area contributed by atoms with Crippen LogP contribution < -0.4 is 10.6 Å². The van der Waals surface area contributed by atoms with E-state index >= 15 is 0 Å². The molecule has 2 N–H and O–H groups in total. The molecule has 6 heteroatoms. The van der Waals surface area contributed by atoms with E-state index in [-0.39, 0.29) is 5.91 Å². The molecule has 0 spiro atoms. The van der Waals surface area contributed by atoms with E-state index in [2.05, 4.69) is 20.6 Å². The van der Waals surface area contributed by atoms with Gasteiger partial charge in [0.05, 0.1) is 5.52 Å². The van der Waals surface area contributed by atoms with Crippen LogP contribution in [0.3, 0.4) is 0 Å². The fraction of sp³-hybridized carbons (Fsp3) is 0.250. The van der Waals surface area contributed by atoms with Crippen molar-refractivity contribution in [3.63, 3.8) is 0 Å². The van der Waals surface area contributed by atoms with Gasteiger partial charge in [0.1, 0.15) is 5.82 Å². The van der Waals surface area contributed by atoms with Gasteiger partial charge in [-0.15, -0.1) is 0 Å². The van der Waals surface area contributed by atoms with E-state index in [1.807, 2.05) is 54.6 Å². The molecule has 1 aromatic heterocycles. The number of nitrogens with one attached hydrogen (secondary N) is 2. The van der Waals surface area contributed by atoms with Gasteiger partial charge in [0, 0.05) is 29.3 Å². The average Bonchev–Trinajstić information content (AvgIpc) is 3.47. The maximum atomic E-state index is 12.1. The molecule has 4 rings (SSSR count). The van der Waals surface area contributed by atoms with Crippen LogP contribution in [0.15, 0.2) is 59.8 Å². The number of hydrogen-bond acceptors (Lipinski definition) is 5. The molecule has 0 radical (unpaired) electrons. The van der Waals surface area contributed by atoms with Gasteiger partial charge in [-0.3, -0.25) is 4.79 Å². The predicted octanol–water partition coefficient (Wildman–Crippen LogP) is 4.33. The number of para-hydroxylation sites is 2. The minimum atomic E-state index is 0.000757. The van der Waals surface area contributed by atoms with Crippen LogP contribution in [0.2, 0.25) is 0 Å². The molecule has 1 amide bonds. The molecule has 0 bridgehead atoms. The number of nitrogens with zero attached hydrogens (tertiary/aromatic N) is 2. The highest BCUT2D eigenvalue weighted by Crippen LogP contribution is 2.29. The molecule has 0 saturated heterocycles. The summed E-state index contributed by atoms with van der Waals surface area (Å²) in [7, 11) is 0. The van der Waals surface area contributed by atoms with Crippen LogP contribution in [-0.4, -0.2) is 27.7 Å². The lowest BCUT2D eigenvalue weighted by atomic mass is 10.2. The van der Waals surface area contributed by atoms with Gasteiger partial charge < -0.3 is 10.6 Å². The summed E-state index contributed by atoms with van der Waals surface area (Å²) < 4.78 is 0. The molecule has 1 heterocycles. The van der Waals surface area contributed by atoms with Crippen LogP contribution in [0.5, 0.6) is 0 Å². The zero-order valence-electron chi connectivity index (χ0n) is 14.3. The van der Waals surface area contributed by atoms with Gasteiger partial charge in [0.2, 0.25) is 5.91 Å². The third kappa shape index (κ3) is 4.32. The van der Waals surface area contributed by atoms with E-state index in [1.165, 1.54) is 24.6 Å². The second-order valence-corrected chi connectivity index (χ2v) is 7.37. The van der Waals surface area contributed by atoms with E-state index < -0.39 is 0 Å². The minimum Gasteiger partial charge on any atom is -0.367 e. The molecule has 2 aromatic carbocycles. The summed E-state index contributed by atoms with van der Waals surface area (Å²) in [5.74, 6) is 1.54. The quantitative estimate of drug-likeness (QED) is 0.483. The summed E-state index contributed by atoms with van der Waals surface area (Å²) in [5.41, 5.74) is 1.75. The van der Waals surface area contributed by atoms with Crippen LogP contribution in [0.4, 0.5) is 11.5 Å². The average molecular weight is 364 g/mol. The number of benzene rings is 2. The SMILES string of the molecule is O=C(CCSc1nc(NC2CC2)c2ccccc2n1)Nc1ccccc1. The van der Waals surface area contributed by atoms with E-state index in [1.54, 1.807) is 0 Å². The van der Waals surface area contributed by atoms with Crippen LogP contribution in [0, 0.1) is 0 Å². The number of carbonyl (C=O) groups is 1. The Labute approximate surface area is 156 Å². The van der Waals surface area contributed by atoms with Crippen LogP contribution in [0.25, 0.3) is 10.9 Å². The molecule has 26 heavy (non-hydrogen) atoms. The highest BCUT2D eigenvalue weighted by atomic mass is 32.2. The van der Waals surface area contributed by atoms with Gasteiger partial charge in [-0.05, 0) is 37.1 Å². The molecule has 1 aliphatic rings. The molecule has 0 aliphatic heterocycles. The molecule has 5 nitrogen and oxygen atoms in total. The molecule has 1 fully saturated rings. The Morgan fingerprint density at radius 1 is 1.04 bits per heavy atom. The van der Waals surface area contributed by atoms with Crippen LogP contribution in [0.1, 0.15) is 19.3 Å². The normalized spacial score (nSPS) is 13.5. The molecule has 0 atom stereocenters. The van der Waals surface area contributed by atoms with Gasteiger partial charge in [0.15, 0.2) is 5.16 Å². The Morgan fingerprint density at radius 2 is 1.81 bits per heavy atom. The number of hydrogen-bond donors (Lipinski definition) is 2. The Morgan fingerprint density at radius 3 is 2.62 bits per heavy atom. The van der Waals surface area contributed by atoms with Crippen molar-refractivity contribution in [3.05, 3.63) is 54.6 Å². The molecule has 0 unspecified atom stereocenters. The van der Waals surface area contributed by atoms with E-state index in [0.717, 1.165) is 22.4 Å². The lowest BCUT2D eigenvalue weighted by molar-refractivity contribution is -0.115. The monoisotopic (exact) mass is 364 g/mol. The molecule has 132 valence electrons. The van der Waals surface area contributed by atoms with Crippen molar-refractivity contribution in [1.29, 1.82) is 0 Å². The lowest BCUT2D eigenvalue weighted by Gasteiger charge is -2.10. The number of carbonyl (C=O) groups excluding carboxylic acids is 1. The van der Waals surface area contributed by atoms with E-state index in [0.29, 0.717) is 23.4 Å². The number of aromatic nitrogens is 2. The van der Waals surface area contributed by atoms with Crippen molar-refractivity contribution in [2.75, 3.05) is 16.4 Å². The van der Waals surface area contributed by atoms with Gasteiger partial charge in [-0.25, -0.2) is 9.97 Å². The van der Waals surface area contributed by atoms with Crippen molar-refractivity contribution in [2.24, 2.45) is 0 Å². The lowest BCUT2D eigenvalue weighted by Crippen LogP contribution is -2.12. The standard InChI is InChI=1S/C20H20N4OS/c25-18(21-14-6-2-1-3-7-14)12-13-26-20-23-17-9-5-4-8-16(17)19(24-20)22-15-10-11-15/h1-9,15H,10-13H2,(H,21,25)(H,22,23,24). The number of fused-ring (bicyclic) bond motifs is 1. The fourth-order valence-electron chi connectivity index (χ4n) is 2.63. The van der Waals surface area contributed by atoms with Gasteiger partial charge >= 0.3 is 0 Å². The first-order valence-electron chi connectivity index (χ1n) is 8.79. The topological polar surface area (TPSA) is 66.9 Å². The molecule has 1 aliphatic carbocycles. The minimum absolute atomic E-state index is 0.000757. The highest BCUT2D eigenvalue weighted by molar-refractivity contribution is 7.99. The number of thioether (sulfide) groups is 1. The Balaban J connectivity index is 1.39. The summed E-state index contributed by atoms with van der Waals surface area (Å²) in [6.45, 7) is 0. The maximum Gasteiger partial charge on any atom is 0.225 e. The Bertz CT molecular complexity index is 912. The predicted molar refractivity (Wildman–Crippen MR) is 107 cm³/mol. The third-order valence-electron chi connectivity index (χ3n) is 4.12. The Kier molecular flexibility index (Phi) is 5.02. The zero-order valence-corrected chi connectivity index (χ0v) is 15.1. The van der Waals surface area contributed by atoms with Crippen molar-refractivity contribution < 1.29 is 4.79 Å². The number of anilines is 2. The second kappa shape index (κ2) is 7.74. The first kappa shape index (κ1) is 16.8. The van der Waals surface area contributed by atoms with Gasteiger partial charge in [0.25, 0.3) is 0 Å². The number of rotatable bonds is 7. The summed E-state index contributed by atoms with van der Waals surface area (Å²) >= 11 is 1.51. The molecule has 1 saturated carbocycles. The zero-order chi connectivity index (χ0) is 17.8. The van der Waals surface area contributed by atoms with Crippen LogP contribution in [-0.2, 0) is 4.79 Å². The molecular weight excluding hydrogens is 344 g/mol. The fourth-order valence-corrected chi connectivity index (χ4v) is 3.42. The van der Waals surface area contributed by atoms with Crippen molar-refractivity contribution >= 4 is 40.1 Å². The summed E-state index contributed by atoms with van der Waals surface area (Å²) in [6.07, 6.45) is 2.81. The highest BCUT2D eigenvalue weighted by Gasteiger charge is 2.22. The summed E-state index contributed by atoms with van der Waals surface area (Å²) in [4.78, 5) is 21.4. The van der Waals surface area contributed by atoms with Crippen molar-refractivity contribution in [3.8, 4) is 0 Å². The first-order valence-corrected chi connectivity index (χ1v) is 9.77. The smallest absolute Gasteiger partial charge is 0.225 e. The van der Waals surface area contributed by atoms with Crippen molar-refractivity contribution in [2.45, 2.75) is 30.5 Å². The maximum absolute atomic E-state index is 12.1. The van der Waals surface area contributed by atoms with Gasteiger partial charge in [-0.1, -0.05) is 42.1 Å². The second-order valence-electron chi connectivity index (χ2n) is 6.30. The van der Waals surface area contributed by atoms with Gasteiger partial charge in [-0.2, -0.15) is 0 Å². The largest absolute Gasteiger partial charge is 0.367 e. The van der Waals surface area contributed by atoms with Crippen LogP contribution >= 0.6 is 11.8 Å². The molecule has 3 aromatic rings. The molecular formula is C20H20N4OS. The van der Waals surface area contributed by atoms with E-state index in [9.17, 15) is 4.79 Å². The summed E-state index contributed by atoms with van der Waals surface area (Å²) in [6, 6.07) is 18.1. The first-order chi connectivity index (χ1) is 12.8. The van der Waals surface area contributed by atoms with E-state index in [4.69, 9.17) is 0 Å².